The van der Waals surface area contributed by atoms with Gasteiger partial charge in [-0.15, -0.1) is 24.0 Å². The number of thiophene rings is 1. The summed E-state index contributed by atoms with van der Waals surface area (Å²) in [5.74, 6) is 2.23. The maximum atomic E-state index is 5.38. The van der Waals surface area contributed by atoms with E-state index in [4.69, 9.17) is 9.47 Å². The number of halogens is 1. The highest BCUT2D eigenvalue weighted by atomic mass is 127. The molecule has 2 N–H and O–H groups in total. The summed E-state index contributed by atoms with van der Waals surface area (Å²) in [6.07, 6.45) is 0. The van der Waals surface area contributed by atoms with E-state index in [2.05, 4.69) is 51.2 Å². The fraction of sp³-hybridized carbons (Fsp3) is 0.476. The summed E-state index contributed by atoms with van der Waals surface area (Å²) in [7, 11) is 5.08. The van der Waals surface area contributed by atoms with Gasteiger partial charge in [0, 0.05) is 20.1 Å². The van der Waals surface area contributed by atoms with Crippen LogP contribution in [0.25, 0.3) is 0 Å². The Balaban J connectivity index is 0.00000420. The average molecular weight is 532 g/mol. The number of hydrogen-bond acceptors (Lipinski definition) is 5. The van der Waals surface area contributed by atoms with Gasteiger partial charge < -0.3 is 20.1 Å². The smallest absolute Gasteiger partial charge is 0.191 e. The lowest BCUT2D eigenvalue weighted by Crippen LogP contribution is -2.42. The number of hydrogen-bond donors (Lipinski definition) is 2. The van der Waals surface area contributed by atoms with Crippen LogP contribution >= 0.6 is 35.3 Å². The third-order valence-electron chi connectivity index (χ3n) is 4.78. The van der Waals surface area contributed by atoms with Crippen LogP contribution in [-0.2, 0) is 6.54 Å². The number of rotatable bonds is 10. The average Bonchev–Trinajstić information content (AvgIpc) is 3.27. The molecule has 0 saturated carbocycles. The van der Waals surface area contributed by atoms with E-state index in [-0.39, 0.29) is 24.0 Å². The molecule has 1 atom stereocenters. The van der Waals surface area contributed by atoms with Gasteiger partial charge in [-0.1, -0.05) is 19.9 Å². The van der Waals surface area contributed by atoms with Gasteiger partial charge >= 0.3 is 0 Å². The molecule has 0 aliphatic rings. The monoisotopic (exact) mass is 532 g/mol. The van der Waals surface area contributed by atoms with E-state index in [0.717, 1.165) is 42.7 Å². The van der Waals surface area contributed by atoms with Crippen LogP contribution in [-0.4, -0.2) is 51.8 Å². The van der Waals surface area contributed by atoms with E-state index in [1.807, 2.05) is 18.2 Å². The highest BCUT2D eigenvalue weighted by molar-refractivity contribution is 14.0. The van der Waals surface area contributed by atoms with E-state index in [1.54, 1.807) is 32.6 Å². The molecular weight excluding hydrogens is 499 g/mol. The van der Waals surface area contributed by atoms with E-state index >= 15 is 0 Å². The number of likely N-dealkylation sites (N-methyl/N-ethyl adjacent to an activating group) is 1. The first-order chi connectivity index (χ1) is 13.7. The van der Waals surface area contributed by atoms with Crippen LogP contribution in [0.15, 0.2) is 40.0 Å². The third kappa shape index (κ3) is 7.35. The number of nitrogens with one attached hydrogen (secondary N) is 2. The van der Waals surface area contributed by atoms with Crippen LogP contribution in [0.5, 0.6) is 11.5 Å². The van der Waals surface area contributed by atoms with Crippen LogP contribution in [0, 0.1) is 0 Å². The van der Waals surface area contributed by atoms with Gasteiger partial charge in [0.2, 0.25) is 0 Å². The number of ether oxygens (including phenoxy) is 2. The molecule has 2 rings (SSSR count). The zero-order valence-corrected chi connectivity index (χ0v) is 21.0. The molecule has 29 heavy (non-hydrogen) atoms. The van der Waals surface area contributed by atoms with Gasteiger partial charge in [-0.05, 0) is 53.2 Å². The molecule has 0 saturated heterocycles. The zero-order valence-electron chi connectivity index (χ0n) is 17.9. The molecule has 0 aliphatic carbocycles. The molecule has 1 aromatic carbocycles. The second-order valence-corrected chi connectivity index (χ2v) is 7.07. The van der Waals surface area contributed by atoms with Gasteiger partial charge in [-0.2, -0.15) is 11.3 Å². The van der Waals surface area contributed by atoms with Crippen LogP contribution in [0.3, 0.4) is 0 Å². The Morgan fingerprint density at radius 2 is 1.83 bits per heavy atom. The van der Waals surface area contributed by atoms with Crippen molar-refractivity contribution < 1.29 is 9.47 Å². The summed E-state index contributed by atoms with van der Waals surface area (Å²) in [6, 6.07) is 8.43. The molecule has 6 nitrogen and oxygen atoms in total. The van der Waals surface area contributed by atoms with Crippen molar-refractivity contribution in [2.24, 2.45) is 4.99 Å². The van der Waals surface area contributed by atoms with Crippen molar-refractivity contribution in [3.8, 4) is 11.5 Å². The first-order valence-corrected chi connectivity index (χ1v) is 10.5. The Labute approximate surface area is 195 Å². The molecule has 0 bridgehead atoms. The Morgan fingerprint density at radius 1 is 1.10 bits per heavy atom. The maximum absolute atomic E-state index is 5.38. The first kappa shape index (κ1) is 25.5. The van der Waals surface area contributed by atoms with Crippen molar-refractivity contribution in [3.63, 3.8) is 0 Å². The lowest BCUT2D eigenvalue weighted by molar-refractivity contribution is 0.219. The Bertz CT molecular complexity index is 736. The van der Waals surface area contributed by atoms with Crippen LogP contribution < -0.4 is 20.1 Å². The molecule has 0 fully saturated rings. The fourth-order valence-electron chi connectivity index (χ4n) is 3.18. The van der Waals surface area contributed by atoms with Crippen molar-refractivity contribution in [1.29, 1.82) is 0 Å². The molecule has 1 aromatic heterocycles. The highest BCUT2D eigenvalue weighted by Gasteiger charge is 2.18. The normalized spacial score (nSPS) is 12.3. The Morgan fingerprint density at radius 3 is 2.38 bits per heavy atom. The van der Waals surface area contributed by atoms with Crippen molar-refractivity contribution >= 4 is 41.3 Å². The molecule has 2 aromatic rings. The topological polar surface area (TPSA) is 58.1 Å². The minimum atomic E-state index is 0. The number of benzene rings is 1. The van der Waals surface area contributed by atoms with Gasteiger partial charge in [0.05, 0.1) is 20.3 Å². The van der Waals surface area contributed by atoms with Gasteiger partial charge in [-0.25, -0.2) is 0 Å². The largest absolute Gasteiger partial charge is 0.493 e. The third-order valence-corrected chi connectivity index (χ3v) is 5.48. The van der Waals surface area contributed by atoms with E-state index in [0.29, 0.717) is 12.6 Å². The number of guanidine groups is 1. The Kier molecular flexibility index (Phi) is 12.0. The SMILES string of the molecule is CCN(CC)C(CNC(=NC)NCc1ccc(OC)c(OC)c1)c1ccsc1.I. The molecular formula is C21H33IN4O2S. The summed E-state index contributed by atoms with van der Waals surface area (Å²) >= 11 is 1.74. The molecule has 8 heteroatoms. The predicted molar refractivity (Wildman–Crippen MR) is 133 cm³/mol. The van der Waals surface area contributed by atoms with Crippen molar-refractivity contribution in [3.05, 3.63) is 46.2 Å². The lowest BCUT2D eigenvalue weighted by Gasteiger charge is -2.30. The predicted octanol–water partition coefficient (Wildman–Crippen LogP) is 4.13. The van der Waals surface area contributed by atoms with Crippen LogP contribution in [0.2, 0.25) is 0 Å². The lowest BCUT2D eigenvalue weighted by atomic mass is 10.1. The zero-order chi connectivity index (χ0) is 20.4. The minimum absolute atomic E-state index is 0. The quantitative estimate of drug-likeness (QED) is 0.274. The summed E-state index contributed by atoms with van der Waals surface area (Å²) in [4.78, 5) is 6.82. The molecule has 1 unspecified atom stereocenters. The van der Waals surface area contributed by atoms with E-state index in [9.17, 15) is 0 Å². The number of methoxy groups -OCH3 is 2. The summed E-state index contributed by atoms with van der Waals surface area (Å²) in [6.45, 7) is 7.87. The molecule has 0 amide bonds. The van der Waals surface area contributed by atoms with E-state index < -0.39 is 0 Å². The summed E-state index contributed by atoms with van der Waals surface area (Å²) in [5, 5.41) is 11.2. The molecule has 0 spiro atoms. The maximum Gasteiger partial charge on any atom is 0.191 e. The van der Waals surface area contributed by atoms with Gasteiger partial charge in [0.1, 0.15) is 0 Å². The molecule has 0 radical (unpaired) electrons. The Hall–Kier alpha value is -1.52. The second-order valence-electron chi connectivity index (χ2n) is 6.29. The fourth-order valence-corrected chi connectivity index (χ4v) is 3.88. The van der Waals surface area contributed by atoms with E-state index in [1.165, 1.54) is 5.56 Å². The summed E-state index contributed by atoms with van der Waals surface area (Å²) < 4.78 is 10.7. The standard InChI is InChI=1S/C21H32N4O2S.HI/c1-6-25(7-2)18(17-10-11-28-15-17)14-24-21(22-3)23-13-16-8-9-19(26-4)20(12-16)27-5;/h8-12,15,18H,6-7,13-14H2,1-5H3,(H2,22,23,24);1H. The van der Waals surface area contributed by atoms with Crippen molar-refractivity contribution in [2.45, 2.75) is 26.4 Å². The first-order valence-electron chi connectivity index (χ1n) is 9.58. The minimum Gasteiger partial charge on any atom is -0.493 e. The van der Waals surface area contributed by atoms with Gasteiger partial charge in [0.25, 0.3) is 0 Å². The number of aliphatic imine (C=N–C) groups is 1. The van der Waals surface area contributed by atoms with Crippen molar-refractivity contribution in [1.82, 2.24) is 15.5 Å². The van der Waals surface area contributed by atoms with Gasteiger partial charge in [-0.3, -0.25) is 9.89 Å². The summed E-state index contributed by atoms with van der Waals surface area (Å²) in [5.41, 5.74) is 2.44. The highest BCUT2D eigenvalue weighted by Crippen LogP contribution is 2.27. The molecule has 0 aliphatic heterocycles. The van der Waals surface area contributed by atoms with Crippen LogP contribution in [0.1, 0.15) is 31.0 Å². The van der Waals surface area contributed by atoms with Gasteiger partial charge in [0.15, 0.2) is 17.5 Å². The molecule has 162 valence electrons. The van der Waals surface area contributed by atoms with Crippen LogP contribution in [0.4, 0.5) is 0 Å². The number of nitrogens with zero attached hydrogens (tertiary/aromatic N) is 2. The van der Waals surface area contributed by atoms with Crippen molar-refractivity contribution in [2.75, 3.05) is 40.9 Å². The second kappa shape index (κ2) is 13.7. The molecule has 1 heterocycles.